The molecular weight excluding hydrogens is 510 g/mol. The number of rotatable bonds is 15. The van der Waals surface area contributed by atoms with E-state index in [1.807, 2.05) is 47.5 Å². The lowest BCUT2D eigenvalue weighted by atomic mass is 10.0. The van der Waals surface area contributed by atoms with Crippen LogP contribution in [0.5, 0.6) is 0 Å². The molecule has 216 valence electrons. The van der Waals surface area contributed by atoms with E-state index in [0.29, 0.717) is 38.2 Å². The van der Waals surface area contributed by atoms with Crippen molar-refractivity contribution in [3.8, 4) is 0 Å². The minimum atomic E-state index is -0.151. The van der Waals surface area contributed by atoms with Gasteiger partial charge in [-0.1, -0.05) is 79.9 Å². The maximum Gasteiger partial charge on any atom is 0.254 e. The van der Waals surface area contributed by atoms with Crippen molar-refractivity contribution in [1.29, 1.82) is 0 Å². The highest BCUT2D eigenvalue weighted by molar-refractivity contribution is 5.96. The monoisotopic (exact) mass is 553 g/mol. The molecule has 6 heteroatoms. The van der Waals surface area contributed by atoms with Gasteiger partial charge in [-0.15, -0.1) is 0 Å². The Bertz CT molecular complexity index is 1390. The maximum absolute atomic E-state index is 13.8. The fourth-order valence-electron chi connectivity index (χ4n) is 5.09. The predicted octanol–water partition coefficient (Wildman–Crippen LogP) is 6.57. The van der Waals surface area contributed by atoms with Crippen LogP contribution in [-0.4, -0.2) is 59.9 Å². The zero-order chi connectivity index (χ0) is 29.0. The standard InChI is InChI=1S/C35H43N3O3/c1-4-5-6-9-28-16-18-30(19-17-28)35(40)38(22-23-41-3)26-34(39)37(25-29-14-12-27(2)13-15-29)21-20-31-24-36-33-11-8-7-10-32(31)33/h7-8,10-19,24,36H,4-6,9,20-23,25-26H2,1-3H3. The molecule has 0 spiro atoms. The number of benzene rings is 3. The van der Waals surface area contributed by atoms with Crippen molar-refractivity contribution in [3.05, 3.63) is 107 Å². The molecule has 0 fully saturated rings. The van der Waals surface area contributed by atoms with E-state index in [2.05, 4.69) is 55.2 Å². The van der Waals surface area contributed by atoms with Gasteiger partial charge < -0.3 is 19.5 Å². The molecule has 0 saturated heterocycles. The molecule has 0 aliphatic carbocycles. The average molecular weight is 554 g/mol. The number of fused-ring (bicyclic) bond motifs is 1. The predicted molar refractivity (Wildman–Crippen MR) is 166 cm³/mol. The number of ether oxygens (including phenoxy) is 1. The largest absolute Gasteiger partial charge is 0.383 e. The van der Waals surface area contributed by atoms with Crippen molar-refractivity contribution >= 4 is 22.7 Å². The molecule has 2 amide bonds. The van der Waals surface area contributed by atoms with Crippen LogP contribution in [-0.2, 0) is 28.9 Å². The first kappa shape index (κ1) is 30.1. The van der Waals surface area contributed by atoms with E-state index in [1.165, 1.54) is 34.9 Å². The number of nitrogens with one attached hydrogen (secondary N) is 1. The zero-order valence-corrected chi connectivity index (χ0v) is 24.7. The topological polar surface area (TPSA) is 65.6 Å². The summed E-state index contributed by atoms with van der Waals surface area (Å²) in [6.07, 6.45) is 7.29. The molecule has 0 atom stereocenters. The first-order valence-electron chi connectivity index (χ1n) is 14.7. The molecule has 0 radical (unpaired) electrons. The first-order chi connectivity index (χ1) is 20.0. The Kier molecular flexibility index (Phi) is 11.1. The number of nitrogens with zero attached hydrogens (tertiary/aromatic N) is 2. The van der Waals surface area contributed by atoms with E-state index in [0.717, 1.165) is 23.9 Å². The highest BCUT2D eigenvalue weighted by atomic mass is 16.5. The van der Waals surface area contributed by atoms with Crippen molar-refractivity contribution in [1.82, 2.24) is 14.8 Å². The number of para-hydroxylation sites is 1. The summed E-state index contributed by atoms with van der Waals surface area (Å²) in [5.74, 6) is -0.228. The number of amides is 2. The molecule has 0 bridgehead atoms. The minimum Gasteiger partial charge on any atom is -0.383 e. The van der Waals surface area contributed by atoms with Gasteiger partial charge >= 0.3 is 0 Å². The smallest absolute Gasteiger partial charge is 0.254 e. The summed E-state index contributed by atoms with van der Waals surface area (Å²) in [6.45, 7) is 6.00. The number of aromatic nitrogens is 1. The van der Waals surface area contributed by atoms with Gasteiger partial charge in [-0.05, 0) is 61.1 Å². The van der Waals surface area contributed by atoms with Gasteiger partial charge in [-0.3, -0.25) is 9.59 Å². The number of hydrogen-bond donors (Lipinski definition) is 1. The third-order valence-corrected chi connectivity index (χ3v) is 7.62. The Labute approximate surface area is 244 Å². The number of hydrogen-bond acceptors (Lipinski definition) is 3. The third kappa shape index (κ3) is 8.54. The summed E-state index contributed by atoms with van der Waals surface area (Å²) < 4.78 is 5.30. The van der Waals surface area contributed by atoms with Crippen LogP contribution >= 0.6 is 0 Å². The van der Waals surface area contributed by atoms with Gasteiger partial charge in [-0.2, -0.15) is 0 Å². The molecule has 3 aromatic carbocycles. The molecule has 1 heterocycles. The highest BCUT2D eigenvalue weighted by Crippen LogP contribution is 2.19. The number of carbonyl (C=O) groups is 2. The lowest BCUT2D eigenvalue weighted by Gasteiger charge is -2.28. The Morgan fingerprint density at radius 1 is 0.829 bits per heavy atom. The van der Waals surface area contributed by atoms with Crippen LogP contribution in [0, 0.1) is 6.92 Å². The number of aromatic amines is 1. The van der Waals surface area contributed by atoms with Gasteiger partial charge in [0.2, 0.25) is 5.91 Å². The van der Waals surface area contributed by atoms with Crippen molar-refractivity contribution in [3.63, 3.8) is 0 Å². The lowest BCUT2D eigenvalue weighted by molar-refractivity contribution is -0.132. The number of aryl methyl sites for hydroxylation is 2. The molecule has 0 unspecified atom stereocenters. The fourth-order valence-corrected chi connectivity index (χ4v) is 5.09. The summed E-state index contributed by atoms with van der Waals surface area (Å²) in [5.41, 5.74) is 6.34. The van der Waals surface area contributed by atoms with Crippen molar-refractivity contribution < 1.29 is 14.3 Å². The van der Waals surface area contributed by atoms with Gasteiger partial charge in [0.25, 0.3) is 5.91 Å². The number of H-pyrrole nitrogens is 1. The highest BCUT2D eigenvalue weighted by Gasteiger charge is 2.23. The second-order valence-electron chi connectivity index (χ2n) is 10.8. The van der Waals surface area contributed by atoms with E-state index >= 15 is 0 Å². The van der Waals surface area contributed by atoms with Gasteiger partial charge in [-0.25, -0.2) is 0 Å². The number of carbonyl (C=O) groups excluding carboxylic acids is 2. The first-order valence-corrected chi connectivity index (χ1v) is 14.7. The van der Waals surface area contributed by atoms with E-state index in [-0.39, 0.29) is 18.4 Å². The Morgan fingerprint density at radius 2 is 1.56 bits per heavy atom. The maximum atomic E-state index is 13.8. The second kappa shape index (κ2) is 15.2. The van der Waals surface area contributed by atoms with Crippen LogP contribution in [0.4, 0.5) is 0 Å². The van der Waals surface area contributed by atoms with Crippen LogP contribution in [0.2, 0.25) is 0 Å². The summed E-state index contributed by atoms with van der Waals surface area (Å²) in [5, 5.41) is 1.17. The normalized spacial score (nSPS) is 11.1. The van der Waals surface area contributed by atoms with Crippen molar-refractivity contribution in [2.75, 3.05) is 33.4 Å². The molecule has 41 heavy (non-hydrogen) atoms. The second-order valence-corrected chi connectivity index (χ2v) is 10.8. The average Bonchev–Trinajstić information content (AvgIpc) is 3.41. The van der Waals surface area contributed by atoms with E-state index < -0.39 is 0 Å². The molecule has 0 aliphatic rings. The van der Waals surface area contributed by atoms with Crippen LogP contribution in [0.25, 0.3) is 10.9 Å². The van der Waals surface area contributed by atoms with Crippen LogP contribution < -0.4 is 0 Å². The van der Waals surface area contributed by atoms with Crippen LogP contribution in [0.15, 0.2) is 79.0 Å². The molecule has 0 aliphatic heterocycles. The van der Waals surface area contributed by atoms with E-state index in [4.69, 9.17) is 4.74 Å². The van der Waals surface area contributed by atoms with Gasteiger partial charge in [0.15, 0.2) is 0 Å². The minimum absolute atomic E-state index is 0.000189. The SMILES string of the molecule is CCCCCc1ccc(C(=O)N(CCOC)CC(=O)N(CCc2c[nH]c3ccccc23)Cc2ccc(C)cc2)cc1. The van der Waals surface area contributed by atoms with Gasteiger partial charge in [0.1, 0.15) is 6.54 Å². The quantitative estimate of drug-likeness (QED) is 0.169. The van der Waals surface area contributed by atoms with Crippen LogP contribution in [0.3, 0.4) is 0 Å². The van der Waals surface area contributed by atoms with E-state index in [1.54, 1.807) is 12.0 Å². The van der Waals surface area contributed by atoms with Gasteiger partial charge in [0.05, 0.1) is 6.61 Å². The molecule has 4 aromatic rings. The van der Waals surface area contributed by atoms with E-state index in [9.17, 15) is 9.59 Å². The van der Waals surface area contributed by atoms with Crippen LogP contribution in [0.1, 0.15) is 58.8 Å². The summed E-state index contributed by atoms with van der Waals surface area (Å²) in [4.78, 5) is 34.2. The number of unbranched alkanes of at least 4 members (excludes halogenated alkanes) is 2. The Balaban J connectivity index is 1.49. The Hall–Kier alpha value is -3.90. The Morgan fingerprint density at radius 3 is 2.29 bits per heavy atom. The molecule has 4 rings (SSSR count). The number of methoxy groups -OCH3 is 1. The molecular formula is C35H43N3O3. The summed E-state index contributed by atoms with van der Waals surface area (Å²) in [7, 11) is 1.61. The summed E-state index contributed by atoms with van der Waals surface area (Å²) in [6, 6.07) is 24.3. The molecule has 0 saturated carbocycles. The van der Waals surface area contributed by atoms with Crippen molar-refractivity contribution in [2.45, 2.75) is 52.5 Å². The molecule has 1 aromatic heterocycles. The van der Waals surface area contributed by atoms with Crippen molar-refractivity contribution in [2.24, 2.45) is 0 Å². The lowest BCUT2D eigenvalue weighted by Crippen LogP contribution is -2.44. The fraction of sp³-hybridized carbons (Fsp3) is 0.371. The summed E-state index contributed by atoms with van der Waals surface area (Å²) >= 11 is 0. The zero-order valence-electron chi connectivity index (χ0n) is 24.7. The van der Waals surface area contributed by atoms with Gasteiger partial charge in [0, 0.05) is 49.4 Å². The third-order valence-electron chi connectivity index (χ3n) is 7.62. The molecule has 6 nitrogen and oxygen atoms in total. The molecule has 1 N–H and O–H groups in total.